The summed E-state index contributed by atoms with van der Waals surface area (Å²) in [6, 6.07) is 9.83. The van der Waals surface area contributed by atoms with Gasteiger partial charge in [0.25, 0.3) is 0 Å². The highest BCUT2D eigenvalue weighted by molar-refractivity contribution is 5.20. The highest BCUT2D eigenvalue weighted by atomic mass is 16.5. The summed E-state index contributed by atoms with van der Waals surface area (Å²) >= 11 is 0. The number of nitrogens with one attached hydrogen (secondary N) is 1. The minimum absolute atomic E-state index is 0.669. The summed E-state index contributed by atoms with van der Waals surface area (Å²) in [5.41, 5.74) is 0. The summed E-state index contributed by atoms with van der Waals surface area (Å²) in [5, 5.41) is 11.2. The molecule has 0 aliphatic rings. The lowest BCUT2D eigenvalue weighted by atomic mass is 10.3. The molecule has 2 rings (SSSR count). The van der Waals surface area contributed by atoms with Gasteiger partial charge < -0.3 is 14.6 Å². The minimum Gasteiger partial charge on any atom is -0.492 e. The van der Waals surface area contributed by atoms with E-state index in [1.807, 2.05) is 41.9 Å². The van der Waals surface area contributed by atoms with Crippen LogP contribution in [0.15, 0.2) is 36.7 Å². The largest absolute Gasteiger partial charge is 0.492 e. The summed E-state index contributed by atoms with van der Waals surface area (Å²) < 4.78 is 7.50. The number of para-hydroxylation sites is 1. The van der Waals surface area contributed by atoms with Gasteiger partial charge in [0.05, 0.1) is 0 Å². The molecule has 0 bridgehead atoms. The van der Waals surface area contributed by atoms with Crippen LogP contribution in [0.5, 0.6) is 5.75 Å². The van der Waals surface area contributed by atoms with Crippen LogP contribution in [-0.4, -0.2) is 34.5 Å². The predicted octanol–water partition coefficient (Wildman–Crippen LogP) is 1.03. The Morgan fingerprint density at radius 1 is 1.22 bits per heavy atom. The molecule has 0 atom stereocenters. The van der Waals surface area contributed by atoms with E-state index in [4.69, 9.17) is 4.74 Å². The summed E-state index contributed by atoms with van der Waals surface area (Å²) in [6.45, 7) is 2.38. The van der Waals surface area contributed by atoms with Crippen LogP contribution in [-0.2, 0) is 13.5 Å². The van der Waals surface area contributed by atoms with E-state index in [-0.39, 0.29) is 0 Å². The molecular formula is C13H18N4O. The van der Waals surface area contributed by atoms with Crippen LogP contribution >= 0.6 is 0 Å². The first-order chi connectivity index (χ1) is 8.86. The second-order valence-electron chi connectivity index (χ2n) is 4.02. The van der Waals surface area contributed by atoms with E-state index >= 15 is 0 Å². The van der Waals surface area contributed by atoms with Crippen LogP contribution in [0.1, 0.15) is 5.82 Å². The van der Waals surface area contributed by atoms with Gasteiger partial charge >= 0.3 is 0 Å². The molecule has 0 aliphatic carbocycles. The Bertz CT molecular complexity index is 455. The van der Waals surface area contributed by atoms with Crippen molar-refractivity contribution < 1.29 is 4.74 Å². The number of hydrogen-bond donors (Lipinski definition) is 1. The average molecular weight is 246 g/mol. The number of rotatable bonds is 7. The second-order valence-corrected chi connectivity index (χ2v) is 4.02. The zero-order valence-corrected chi connectivity index (χ0v) is 10.5. The third kappa shape index (κ3) is 3.85. The minimum atomic E-state index is 0.669. The van der Waals surface area contributed by atoms with Crippen molar-refractivity contribution in [3.05, 3.63) is 42.5 Å². The van der Waals surface area contributed by atoms with Gasteiger partial charge in [0.1, 0.15) is 24.5 Å². The number of nitrogens with zero attached hydrogens (tertiary/aromatic N) is 3. The van der Waals surface area contributed by atoms with Gasteiger partial charge in [0, 0.05) is 26.6 Å². The molecule has 0 unspecified atom stereocenters. The normalized spacial score (nSPS) is 10.5. The van der Waals surface area contributed by atoms with E-state index in [0.29, 0.717) is 6.61 Å². The standard InChI is InChI=1S/C13H18N4O/c1-17-11-15-16-13(17)7-8-14-9-10-18-12-5-3-2-4-6-12/h2-6,11,14H,7-10H2,1H3. The Labute approximate surface area is 107 Å². The molecule has 0 saturated carbocycles. The van der Waals surface area contributed by atoms with E-state index in [1.54, 1.807) is 6.33 Å². The first kappa shape index (κ1) is 12.6. The monoisotopic (exact) mass is 246 g/mol. The molecule has 0 radical (unpaired) electrons. The van der Waals surface area contributed by atoms with Crippen molar-refractivity contribution in [2.45, 2.75) is 6.42 Å². The number of hydrogen-bond acceptors (Lipinski definition) is 4. The summed E-state index contributed by atoms with van der Waals surface area (Å²) in [7, 11) is 1.95. The molecule has 1 N–H and O–H groups in total. The van der Waals surface area contributed by atoms with Crippen LogP contribution in [0, 0.1) is 0 Å². The zero-order valence-electron chi connectivity index (χ0n) is 10.5. The predicted molar refractivity (Wildman–Crippen MR) is 69.5 cm³/mol. The van der Waals surface area contributed by atoms with Gasteiger partial charge in [-0.3, -0.25) is 0 Å². The van der Waals surface area contributed by atoms with E-state index < -0.39 is 0 Å². The SMILES string of the molecule is Cn1cnnc1CCNCCOc1ccccc1. The average Bonchev–Trinajstić information content (AvgIpc) is 2.81. The highest BCUT2D eigenvalue weighted by Gasteiger charge is 1.99. The molecule has 0 fully saturated rings. The Hall–Kier alpha value is -1.88. The van der Waals surface area contributed by atoms with Gasteiger partial charge in [0.15, 0.2) is 0 Å². The van der Waals surface area contributed by atoms with Crippen molar-refractivity contribution in [1.82, 2.24) is 20.1 Å². The lowest BCUT2D eigenvalue weighted by molar-refractivity contribution is 0.314. The van der Waals surface area contributed by atoms with Crippen molar-refractivity contribution in [2.24, 2.45) is 7.05 Å². The topological polar surface area (TPSA) is 52.0 Å². The molecule has 0 amide bonds. The van der Waals surface area contributed by atoms with Crippen molar-refractivity contribution in [2.75, 3.05) is 19.7 Å². The summed E-state index contributed by atoms with van der Waals surface area (Å²) in [4.78, 5) is 0. The van der Waals surface area contributed by atoms with Gasteiger partial charge in [-0.15, -0.1) is 10.2 Å². The molecular weight excluding hydrogens is 228 g/mol. The van der Waals surface area contributed by atoms with E-state index in [9.17, 15) is 0 Å². The first-order valence-corrected chi connectivity index (χ1v) is 6.07. The maximum absolute atomic E-state index is 5.57. The fraction of sp³-hybridized carbons (Fsp3) is 0.385. The number of aromatic nitrogens is 3. The fourth-order valence-corrected chi connectivity index (χ4v) is 1.62. The third-order valence-electron chi connectivity index (χ3n) is 2.62. The van der Waals surface area contributed by atoms with Crippen molar-refractivity contribution >= 4 is 0 Å². The molecule has 96 valence electrons. The molecule has 0 aliphatic heterocycles. The molecule has 18 heavy (non-hydrogen) atoms. The van der Waals surface area contributed by atoms with Gasteiger partial charge in [-0.2, -0.15) is 0 Å². The van der Waals surface area contributed by atoms with Gasteiger partial charge in [-0.1, -0.05) is 18.2 Å². The van der Waals surface area contributed by atoms with Crippen LogP contribution in [0.4, 0.5) is 0 Å². The summed E-state index contributed by atoms with van der Waals surface area (Å²) in [6.07, 6.45) is 2.59. The molecule has 1 aromatic carbocycles. The Balaban J connectivity index is 1.56. The van der Waals surface area contributed by atoms with Crippen LogP contribution < -0.4 is 10.1 Å². The van der Waals surface area contributed by atoms with Crippen molar-refractivity contribution in [3.63, 3.8) is 0 Å². The number of aryl methyl sites for hydroxylation is 1. The lowest BCUT2D eigenvalue weighted by Gasteiger charge is -2.07. The maximum Gasteiger partial charge on any atom is 0.133 e. The van der Waals surface area contributed by atoms with Crippen LogP contribution in [0.2, 0.25) is 0 Å². The molecule has 1 aromatic heterocycles. The Morgan fingerprint density at radius 3 is 2.78 bits per heavy atom. The highest BCUT2D eigenvalue weighted by Crippen LogP contribution is 2.07. The lowest BCUT2D eigenvalue weighted by Crippen LogP contribution is -2.24. The molecule has 0 saturated heterocycles. The second kappa shape index (κ2) is 6.76. The zero-order chi connectivity index (χ0) is 12.6. The quantitative estimate of drug-likeness (QED) is 0.741. The van der Waals surface area contributed by atoms with Crippen molar-refractivity contribution in [3.8, 4) is 5.75 Å². The third-order valence-corrected chi connectivity index (χ3v) is 2.62. The van der Waals surface area contributed by atoms with Gasteiger partial charge in [-0.25, -0.2) is 0 Å². The smallest absolute Gasteiger partial charge is 0.133 e. The van der Waals surface area contributed by atoms with E-state index in [1.165, 1.54) is 0 Å². The number of ether oxygens (including phenoxy) is 1. The van der Waals surface area contributed by atoms with Crippen LogP contribution in [0.25, 0.3) is 0 Å². The molecule has 0 spiro atoms. The molecule has 1 heterocycles. The first-order valence-electron chi connectivity index (χ1n) is 6.07. The Kier molecular flexibility index (Phi) is 4.72. The molecule has 2 aromatic rings. The molecule has 5 heteroatoms. The maximum atomic E-state index is 5.57. The molecule has 5 nitrogen and oxygen atoms in total. The fourth-order valence-electron chi connectivity index (χ4n) is 1.62. The van der Waals surface area contributed by atoms with Crippen LogP contribution in [0.3, 0.4) is 0 Å². The summed E-state index contributed by atoms with van der Waals surface area (Å²) in [5.74, 6) is 1.90. The Morgan fingerprint density at radius 2 is 2.06 bits per heavy atom. The van der Waals surface area contributed by atoms with E-state index in [0.717, 1.165) is 31.1 Å². The van der Waals surface area contributed by atoms with Gasteiger partial charge in [0.2, 0.25) is 0 Å². The van der Waals surface area contributed by atoms with E-state index in [2.05, 4.69) is 15.5 Å². The number of benzene rings is 1. The van der Waals surface area contributed by atoms with Crippen molar-refractivity contribution in [1.29, 1.82) is 0 Å². The van der Waals surface area contributed by atoms with Gasteiger partial charge in [-0.05, 0) is 12.1 Å².